The van der Waals surface area contributed by atoms with E-state index in [2.05, 4.69) is 20.8 Å². The van der Waals surface area contributed by atoms with E-state index < -0.39 is 0 Å². The molecule has 2 heterocycles. The lowest BCUT2D eigenvalue weighted by Gasteiger charge is -2.10. The molecule has 0 bridgehead atoms. The third kappa shape index (κ3) is 3.45. The summed E-state index contributed by atoms with van der Waals surface area (Å²) in [5.41, 5.74) is 4.54. The molecule has 1 amide bonds. The molecule has 0 fully saturated rings. The molecular formula is C20H20N4O2. The van der Waals surface area contributed by atoms with Gasteiger partial charge in [0, 0.05) is 36.3 Å². The minimum atomic E-state index is -0.114. The van der Waals surface area contributed by atoms with E-state index >= 15 is 0 Å². The fourth-order valence-corrected chi connectivity index (χ4v) is 3.03. The third-order valence-corrected chi connectivity index (χ3v) is 4.39. The zero-order chi connectivity index (χ0) is 17.8. The predicted molar refractivity (Wildman–Crippen MR) is 98.8 cm³/mol. The molecule has 0 saturated carbocycles. The molecule has 1 aliphatic heterocycles. The van der Waals surface area contributed by atoms with E-state index in [0.29, 0.717) is 25.3 Å². The summed E-state index contributed by atoms with van der Waals surface area (Å²) in [6.45, 7) is 2.56. The van der Waals surface area contributed by atoms with Gasteiger partial charge < -0.3 is 15.4 Å². The molecule has 6 heteroatoms. The summed E-state index contributed by atoms with van der Waals surface area (Å²) in [5.74, 6) is 0.727. The number of rotatable bonds is 4. The average Bonchev–Trinajstić information content (AvgIpc) is 3.03. The van der Waals surface area contributed by atoms with Crippen LogP contribution < -0.4 is 15.4 Å². The molecule has 26 heavy (non-hydrogen) atoms. The first kappa shape index (κ1) is 16.4. The predicted octanol–water partition coefficient (Wildman–Crippen LogP) is 2.49. The van der Waals surface area contributed by atoms with Crippen LogP contribution in [0.2, 0.25) is 0 Å². The Morgan fingerprint density at radius 2 is 2.08 bits per heavy atom. The van der Waals surface area contributed by atoms with Crippen LogP contribution in [-0.2, 0) is 13.1 Å². The monoisotopic (exact) mass is 348 g/mol. The number of aromatic nitrogens is 2. The smallest absolute Gasteiger partial charge is 0.251 e. The van der Waals surface area contributed by atoms with Gasteiger partial charge in [0.15, 0.2) is 0 Å². The first-order chi connectivity index (χ1) is 12.8. The molecule has 0 radical (unpaired) electrons. The summed E-state index contributed by atoms with van der Waals surface area (Å²) in [4.78, 5) is 12.6. The van der Waals surface area contributed by atoms with Gasteiger partial charge in [-0.25, -0.2) is 0 Å². The van der Waals surface area contributed by atoms with Gasteiger partial charge in [0.2, 0.25) is 0 Å². The van der Waals surface area contributed by atoms with Crippen LogP contribution >= 0.6 is 0 Å². The molecule has 1 aromatic heterocycles. The van der Waals surface area contributed by atoms with Gasteiger partial charge in [-0.1, -0.05) is 30.3 Å². The maximum absolute atomic E-state index is 12.6. The van der Waals surface area contributed by atoms with Crippen molar-refractivity contribution in [1.82, 2.24) is 20.8 Å². The summed E-state index contributed by atoms with van der Waals surface area (Å²) >= 11 is 0. The SMILES string of the molecule is O=C(NCc1cn[nH]c1-c1ccccc1)c1ccc2c(c1)CNCCO2. The number of hydrogen-bond donors (Lipinski definition) is 3. The summed E-state index contributed by atoms with van der Waals surface area (Å²) < 4.78 is 5.66. The number of carbonyl (C=O) groups is 1. The molecule has 6 nitrogen and oxygen atoms in total. The first-order valence-corrected chi connectivity index (χ1v) is 8.63. The summed E-state index contributed by atoms with van der Waals surface area (Å²) in [7, 11) is 0. The van der Waals surface area contributed by atoms with Gasteiger partial charge in [0.05, 0.1) is 11.9 Å². The molecule has 3 N–H and O–H groups in total. The number of aromatic amines is 1. The normalized spacial score (nSPS) is 13.4. The van der Waals surface area contributed by atoms with Crippen LogP contribution in [0.15, 0.2) is 54.7 Å². The Bertz CT molecular complexity index is 905. The van der Waals surface area contributed by atoms with Crippen molar-refractivity contribution in [2.45, 2.75) is 13.1 Å². The van der Waals surface area contributed by atoms with Gasteiger partial charge in [-0.2, -0.15) is 5.10 Å². The molecule has 4 rings (SSSR count). The Morgan fingerprint density at radius 1 is 1.19 bits per heavy atom. The lowest BCUT2D eigenvalue weighted by Crippen LogP contribution is -2.23. The molecule has 132 valence electrons. The van der Waals surface area contributed by atoms with Crippen molar-refractivity contribution in [3.05, 3.63) is 71.4 Å². The zero-order valence-electron chi connectivity index (χ0n) is 14.3. The summed E-state index contributed by atoms with van der Waals surface area (Å²) in [5, 5.41) is 13.4. The van der Waals surface area contributed by atoms with Crippen LogP contribution in [0.25, 0.3) is 11.3 Å². The van der Waals surface area contributed by atoms with E-state index in [0.717, 1.165) is 34.7 Å². The topological polar surface area (TPSA) is 79.0 Å². The Kier molecular flexibility index (Phi) is 4.66. The van der Waals surface area contributed by atoms with Gasteiger partial charge in [0.25, 0.3) is 5.91 Å². The Balaban J connectivity index is 1.47. The highest BCUT2D eigenvalue weighted by Gasteiger charge is 2.14. The van der Waals surface area contributed by atoms with Crippen LogP contribution in [0.3, 0.4) is 0 Å². The van der Waals surface area contributed by atoms with Crippen LogP contribution in [0, 0.1) is 0 Å². The number of fused-ring (bicyclic) bond motifs is 1. The van der Waals surface area contributed by atoms with Gasteiger partial charge in [-0.3, -0.25) is 9.89 Å². The molecule has 0 aliphatic carbocycles. The minimum absolute atomic E-state index is 0.114. The molecular weight excluding hydrogens is 328 g/mol. The number of H-pyrrole nitrogens is 1. The van der Waals surface area contributed by atoms with Gasteiger partial charge >= 0.3 is 0 Å². The van der Waals surface area contributed by atoms with Crippen molar-refractivity contribution in [3.8, 4) is 17.0 Å². The highest BCUT2D eigenvalue weighted by Crippen LogP contribution is 2.23. The lowest BCUT2D eigenvalue weighted by molar-refractivity contribution is 0.0951. The van der Waals surface area contributed by atoms with Crippen molar-refractivity contribution in [1.29, 1.82) is 0 Å². The van der Waals surface area contributed by atoms with E-state index in [-0.39, 0.29) is 5.91 Å². The maximum atomic E-state index is 12.6. The van der Waals surface area contributed by atoms with E-state index in [1.54, 1.807) is 12.3 Å². The standard InChI is InChI=1S/C20H20N4O2/c25-20(15-6-7-18-16(10-15)11-21-8-9-26-18)22-12-17-13-23-24-19(17)14-4-2-1-3-5-14/h1-7,10,13,21H,8-9,11-12H2,(H,22,25)(H,23,24). The highest BCUT2D eigenvalue weighted by atomic mass is 16.5. The summed E-state index contributed by atoms with van der Waals surface area (Å²) in [6.07, 6.45) is 1.75. The number of benzene rings is 2. The lowest BCUT2D eigenvalue weighted by atomic mass is 10.1. The molecule has 1 aliphatic rings. The second-order valence-corrected chi connectivity index (χ2v) is 6.17. The van der Waals surface area contributed by atoms with Crippen LogP contribution in [0.5, 0.6) is 5.75 Å². The zero-order valence-corrected chi connectivity index (χ0v) is 14.3. The Labute approximate surface area is 151 Å². The van der Waals surface area contributed by atoms with E-state index in [1.165, 1.54) is 0 Å². The fraction of sp³-hybridized carbons (Fsp3) is 0.200. The number of nitrogens with one attached hydrogen (secondary N) is 3. The van der Waals surface area contributed by atoms with Gasteiger partial charge in [0.1, 0.15) is 12.4 Å². The Morgan fingerprint density at radius 3 is 2.96 bits per heavy atom. The average molecular weight is 348 g/mol. The van der Waals surface area contributed by atoms with Crippen LogP contribution in [0.1, 0.15) is 21.5 Å². The van der Waals surface area contributed by atoms with Crippen molar-refractivity contribution in [3.63, 3.8) is 0 Å². The second-order valence-electron chi connectivity index (χ2n) is 6.17. The van der Waals surface area contributed by atoms with Crippen molar-refractivity contribution >= 4 is 5.91 Å². The molecule has 0 unspecified atom stereocenters. The number of hydrogen-bond acceptors (Lipinski definition) is 4. The number of nitrogens with zero attached hydrogens (tertiary/aromatic N) is 1. The largest absolute Gasteiger partial charge is 0.492 e. The first-order valence-electron chi connectivity index (χ1n) is 8.63. The number of amides is 1. The van der Waals surface area contributed by atoms with E-state index in [1.807, 2.05) is 42.5 Å². The minimum Gasteiger partial charge on any atom is -0.492 e. The second kappa shape index (κ2) is 7.41. The third-order valence-electron chi connectivity index (χ3n) is 4.39. The highest BCUT2D eigenvalue weighted by molar-refractivity contribution is 5.94. The number of ether oxygens (including phenoxy) is 1. The van der Waals surface area contributed by atoms with Crippen LogP contribution in [-0.4, -0.2) is 29.3 Å². The van der Waals surface area contributed by atoms with Crippen molar-refractivity contribution < 1.29 is 9.53 Å². The fourth-order valence-electron chi connectivity index (χ4n) is 3.03. The van der Waals surface area contributed by atoms with Crippen LogP contribution in [0.4, 0.5) is 0 Å². The molecule has 0 atom stereocenters. The quantitative estimate of drug-likeness (QED) is 0.677. The Hall–Kier alpha value is -3.12. The van der Waals surface area contributed by atoms with Crippen molar-refractivity contribution in [2.75, 3.05) is 13.2 Å². The van der Waals surface area contributed by atoms with E-state index in [4.69, 9.17) is 4.74 Å². The molecule has 3 aromatic rings. The van der Waals surface area contributed by atoms with Gasteiger partial charge in [-0.15, -0.1) is 0 Å². The molecule has 2 aromatic carbocycles. The van der Waals surface area contributed by atoms with Crippen molar-refractivity contribution in [2.24, 2.45) is 0 Å². The number of carbonyl (C=O) groups excluding carboxylic acids is 1. The summed E-state index contributed by atoms with van der Waals surface area (Å²) in [6, 6.07) is 15.5. The maximum Gasteiger partial charge on any atom is 0.251 e. The molecule has 0 saturated heterocycles. The molecule has 0 spiro atoms. The van der Waals surface area contributed by atoms with E-state index in [9.17, 15) is 4.79 Å². The van der Waals surface area contributed by atoms with Gasteiger partial charge in [-0.05, 0) is 23.8 Å².